The van der Waals surface area contributed by atoms with Gasteiger partial charge in [-0.15, -0.1) is 0 Å². The van der Waals surface area contributed by atoms with Gasteiger partial charge in [-0.2, -0.15) is 0 Å². The maximum Gasteiger partial charge on any atom is 0.410 e. The van der Waals surface area contributed by atoms with Crippen molar-refractivity contribution in [1.82, 2.24) is 4.90 Å². The lowest BCUT2D eigenvalue weighted by Crippen LogP contribution is -2.40. The van der Waals surface area contributed by atoms with Crippen LogP contribution >= 0.6 is 7.14 Å². The number of hydrogen-bond donors (Lipinski definition) is 1. The molecule has 0 bridgehead atoms. The molecule has 1 aromatic carbocycles. The van der Waals surface area contributed by atoms with Gasteiger partial charge in [-0.1, -0.05) is 30.3 Å². The summed E-state index contributed by atoms with van der Waals surface area (Å²) in [4.78, 5) is 24.7. The molecule has 6 nitrogen and oxygen atoms in total. The molecule has 1 aliphatic heterocycles. The number of ether oxygens (including phenoxy) is 1. The lowest BCUT2D eigenvalue weighted by atomic mass is 10.2. The molecule has 1 aliphatic rings. The highest BCUT2D eigenvalue weighted by Gasteiger charge is 2.44. The van der Waals surface area contributed by atoms with E-state index in [1.807, 2.05) is 30.3 Å². The smallest absolute Gasteiger partial charge is 0.410 e. The van der Waals surface area contributed by atoms with Crippen LogP contribution in [0.15, 0.2) is 30.3 Å². The highest BCUT2D eigenvalue weighted by Crippen LogP contribution is 2.48. The van der Waals surface area contributed by atoms with E-state index in [0.29, 0.717) is 0 Å². The Morgan fingerprint density at radius 3 is 2.50 bits per heavy atom. The molecule has 0 spiro atoms. The lowest BCUT2D eigenvalue weighted by Gasteiger charge is -2.21. The summed E-state index contributed by atoms with van der Waals surface area (Å²) in [5.41, 5.74) is 0.535. The maximum atomic E-state index is 12.2. The Kier molecular flexibility index (Phi) is 4.91. The average molecular weight is 325 g/mol. The van der Waals surface area contributed by atoms with Gasteiger partial charge < -0.3 is 14.4 Å². The van der Waals surface area contributed by atoms with E-state index in [1.54, 1.807) is 13.3 Å². The van der Waals surface area contributed by atoms with E-state index in [1.165, 1.54) is 4.90 Å². The van der Waals surface area contributed by atoms with Gasteiger partial charge in [0.25, 0.3) is 0 Å². The van der Waals surface area contributed by atoms with Gasteiger partial charge in [0.05, 0.1) is 7.14 Å². The quantitative estimate of drug-likeness (QED) is 0.860. The van der Waals surface area contributed by atoms with Gasteiger partial charge in [-0.25, -0.2) is 9.59 Å². The Bertz CT molecular complexity index is 597. The Labute approximate surface area is 129 Å². The van der Waals surface area contributed by atoms with Crippen molar-refractivity contribution in [3.63, 3.8) is 0 Å². The molecule has 1 saturated heterocycles. The van der Waals surface area contributed by atoms with Gasteiger partial charge in [-0.05, 0) is 25.3 Å². The van der Waals surface area contributed by atoms with Crippen LogP contribution in [-0.4, -0.2) is 53.6 Å². The van der Waals surface area contributed by atoms with Crippen molar-refractivity contribution < 1.29 is 24.0 Å². The number of benzene rings is 1. The molecule has 1 N–H and O–H groups in total. The van der Waals surface area contributed by atoms with Crippen molar-refractivity contribution in [3.05, 3.63) is 35.9 Å². The normalized spacial score (nSPS) is 21.6. The van der Waals surface area contributed by atoms with Crippen molar-refractivity contribution in [3.8, 4) is 0 Å². The number of rotatable bonds is 4. The summed E-state index contributed by atoms with van der Waals surface area (Å²) in [6, 6.07) is 8.19. The SMILES string of the molecule is CP(C)(=O)[C@@H]1C[C@H](C(=O)O)N(C(=O)OCc2ccccc2)C1. The highest BCUT2D eigenvalue weighted by atomic mass is 31.2. The number of amides is 1. The number of hydrogen-bond acceptors (Lipinski definition) is 4. The Balaban J connectivity index is 2.03. The van der Waals surface area contributed by atoms with Crippen molar-refractivity contribution in [2.45, 2.75) is 24.7 Å². The van der Waals surface area contributed by atoms with E-state index in [2.05, 4.69) is 0 Å². The molecular weight excluding hydrogens is 305 g/mol. The van der Waals surface area contributed by atoms with E-state index < -0.39 is 25.2 Å². The van der Waals surface area contributed by atoms with Crippen LogP contribution in [0.5, 0.6) is 0 Å². The molecule has 0 aromatic heterocycles. The van der Waals surface area contributed by atoms with E-state index in [0.717, 1.165) is 5.56 Å². The van der Waals surface area contributed by atoms with Crippen molar-refractivity contribution in [2.24, 2.45) is 0 Å². The predicted molar refractivity (Wildman–Crippen MR) is 82.6 cm³/mol. The zero-order chi connectivity index (χ0) is 16.3. The number of likely N-dealkylation sites (tertiary alicyclic amines) is 1. The van der Waals surface area contributed by atoms with Crippen LogP contribution in [-0.2, 0) is 20.7 Å². The van der Waals surface area contributed by atoms with Gasteiger partial charge in [0, 0.05) is 12.2 Å². The predicted octanol–water partition coefficient (Wildman–Crippen LogP) is 2.47. The summed E-state index contributed by atoms with van der Waals surface area (Å²) in [5, 5.41) is 9.26. The first kappa shape index (κ1) is 16.6. The minimum atomic E-state index is -2.46. The summed E-state index contributed by atoms with van der Waals surface area (Å²) in [7, 11) is -2.46. The fraction of sp³-hybridized carbons (Fsp3) is 0.467. The third kappa shape index (κ3) is 3.89. The molecule has 2 atom stereocenters. The minimum absolute atomic E-state index is 0.0864. The summed E-state index contributed by atoms with van der Waals surface area (Å²) in [6.45, 7) is 3.49. The van der Waals surface area contributed by atoms with E-state index >= 15 is 0 Å². The molecule has 2 rings (SSSR count). The molecule has 0 saturated carbocycles. The van der Waals surface area contributed by atoms with Gasteiger partial charge in [-0.3, -0.25) is 4.90 Å². The fourth-order valence-corrected chi connectivity index (χ4v) is 3.78. The van der Waals surface area contributed by atoms with Crippen LogP contribution in [0.4, 0.5) is 4.79 Å². The molecule has 1 amide bonds. The van der Waals surface area contributed by atoms with E-state index in [9.17, 15) is 19.3 Å². The molecule has 1 heterocycles. The second-order valence-electron chi connectivity index (χ2n) is 5.87. The largest absolute Gasteiger partial charge is 0.480 e. The van der Waals surface area contributed by atoms with Gasteiger partial charge in [0.2, 0.25) is 0 Å². The standard InChI is InChI=1S/C15H20NO5P/c1-22(2,20)12-8-13(14(17)18)16(9-12)15(19)21-10-11-6-4-3-5-7-11/h3-7,12-13H,8-10H2,1-2H3,(H,17,18)/t12-,13-/m1/s1. The van der Waals surface area contributed by atoms with Crippen LogP contribution in [0.1, 0.15) is 12.0 Å². The molecule has 0 aliphatic carbocycles. The van der Waals surface area contributed by atoms with E-state index in [-0.39, 0.29) is 25.2 Å². The fourth-order valence-electron chi connectivity index (χ4n) is 2.50. The van der Waals surface area contributed by atoms with E-state index in [4.69, 9.17) is 4.74 Å². The van der Waals surface area contributed by atoms with Crippen LogP contribution in [0.2, 0.25) is 0 Å². The van der Waals surface area contributed by atoms with Gasteiger partial charge in [0.1, 0.15) is 12.6 Å². The zero-order valence-corrected chi connectivity index (χ0v) is 13.5. The summed E-state index contributed by atoms with van der Waals surface area (Å²) < 4.78 is 17.3. The number of carbonyl (C=O) groups is 2. The second-order valence-corrected chi connectivity index (χ2v) is 9.47. The monoisotopic (exact) mass is 325 g/mol. The number of aliphatic carboxylic acids is 1. The first-order valence-corrected chi connectivity index (χ1v) is 9.71. The maximum absolute atomic E-state index is 12.2. The molecule has 1 aromatic rings. The Morgan fingerprint density at radius 2 is 1.95 bits per heavy atom. The van der Waals surface area contributed by atoms with Gasteiger partial charge >= 0.3 is 12.1 Å². The molecule has 22 heavy (non-hydrogen) atoms. The van der Waals surface area contributed by atoms with Crippen LogP contribution in [0.3, 0.4) is 0 Å². The van der Waals surface area contributed by atoms with Crippen molar-refractivity contribution in [2.75, 3.05) is 19.9 Å². The molecule has 7 heteroatoms. The molecule has 0 unspecified atom stereocenters. The third-order valence-electron chi connectivity index (χ3n) is 3.88. The number of carboxylic acids is 1. The summed E-state index contributed by atoms with van der Waals surface area (Å²) >= 11 is 0. The topological polar surface area (TPSA) is 83.9 Å². The van der Waals surface area contributed by atoms with Crippen molar-refractivity contribution >= 4 is 19.2 Å². The lowest BCUT2D eigenvalue weighted by molar-refractivity contribution is -0.141. The molecule has 0 radical (unpaired) electrons. The zero-order valence-electron chi connectivity index (χ0n) is 12.6. The summed E-state index contributed by atoms with van der Waals surface area (Å²) in [6.07, 6.45) is -0.466. The first-order chi connectivity index (χ1) is 10.3. The van der Waals surface area contributed by atoms with Crippen molar-refractivity contribution in [1.29, 1.82) is 0 Å². The first-order valence-electron chi connectivity index (χ1n) is 7.04. The Morgan fingerprint density at radius 1 is 1.32 bits per heavy atom. The molecule has 120 valence electrons. The average Bonchev–Trinajstić information content (AvgIpc) is 2.91. The molecular formula is C15H20NO5P. The summed E-state index contributed by atoms with van der Waals surface area (Å²) in [5.74, 6) is -1.09. The highest BCUT2D eigenvalue weighted by molar-refractivity contribution is 7.63. The van der Waals surface area contributed by atoms with Crippen LogP contribution in [0, 0.1) is 0 Å². The Hall–Kier alpha value is -1.81. The number of nitrogens with zero attached hydrogens (tertiary/aromatic N) is 1. The minimum Gasteiger partial charge on any atom is -0.480 e. The van der Waals surface area contributed by atoms with Crippen LogP contribution < -0.4 is 0 Å². The van der Waals surface area contributed by atoms with Gasteiger partial charge in [0.15, 0.2) is 0 Å². The second kappa shape index (κ2) is 6.53. The number of carbonyl (C=O) groups excluding carboxylic acids is 1. The van der Waals surface area contributed by atoms with Crippen LogP contribution in [0.25, 0.3) is 0 Å². The molecule has 1 fully saturated rings. The number of carboxylic acid groups (broad SMARTS) is 1. The third-order valence-corrected chi connectivity index (χ3v) is 6.02.